The highest BCUT2D eigenvalue weighted by atomic mass is 32.2. The van der Waals surface area contributed by atoms with Gasteiger partial charge in [0, 0.05) is 18.3 Å². The van der Waals surface area contributed by atoms with Crippen LogP contribution in [0.1, 0.15) is 33.3 Å². The van der Waals surface area contributed by atoms with Crippen molar-refractivity contribution in [1.29, 1.82) is 0 Å². The molecule has 1 unspecified atom stereocenters. The normalized spacial score (nSPS) is 13.5. The van der Waals surface area contributed by atoms with Gasteiger partial charge in [-0.25, -0.2) is 8.42 Å². The summed E-state index contributed by atoms with van der Waals surface area (Å²) in [7, 11) is -3.35. The van der Waals surface area contributed by atoms with Crippen LogP contribution in [0.5, 0.6) is 0 Å². The molecule has 0 bridgehead atoms. The molecule has 1 aromatic carbocycles. The fourth-order valence-electron chi connectivity index (χ4n) is 1.63. The van der Waals surface area contributed by atoms with Crippen molar-refractivity contribution >= 4 is 15.7 Å². The van der Waals surface area contributed by atoms with Gasteiger partial charge in [0.25, 0.3) is 0 Å². The van der Waals surface area contributed by atoms with Crippen molar-refractivity contribution in [2.24, 2.45) is 0 Å². The number of sulfonamides is 1. The van der Waals surface area contributed by atoms with E-state index in [1.807, 2.05) is 39.0 Å². The van der Waals surface area contributed by atoms with Crippen LogP contribution in [0, 0.1) is 0 Å². The van der Waals surface area contributed by atoms with E-state index in [9.17, 15) is 8.42 Å². The molecule has 5 heteroatoms. The number of hydrogen-bond donors (Lipinski definition) is 2. The molecule has 2 N–H and O–H groups in total. The Morgan fingerprint density at radius 3 is 2.47 bits per heavy atom. The van der Waals surface area contributed by atoms with Crippen LogP contribution >= 0.6 is 0 Å². The summed E-state index contributed by atoms with van der Waals surface area (Å²) in [4.78, 5) is 0. The van der Waals surface area contributed by atoms with Crippen molar-refractivity contribution in [1.82, 2.24) is 5.32 Å². The molecule has 0 heterocycles. The first-order valence-corrected chi connectivity index (χ1v) is 8.23. The minimum atomic E-state index is -3.35. The maximum Gasteiger partial charge on any atom is 0.236 e. The highest BCUT2D eigenvalue weighted by molar-refractivity contribution is 7.93. The number of benzene rings is 1. The van der Waals surface area contributed by atoms with Crippen LogP contribution in [0.15, 0.2) is 24.3 Å². The van der Waals surface area contributed by atoms with E-state index in [4.69, 9.17) is 0 Å². The van der Waals surface area contributed by atoms with E-state index in [2.05, 4.69) is 10.0 Å². The fourth-order valence-corrected chi connectivity index (χ4v) is 2.60. The zero-order valence-electron chi connectivity index (χ0n) is 12.1. The summed E-state index contributed by atoms with van der Waals surface area (Å²) in [6, 6.07) is 7.79. The van der Waals surface area contributed by atoms with Gasteiger partial charge in [0.05, 0.1) is 5.25 Å². The Balaban J connectivity index is 2.72. The second-order valence-corrected chi connectivity index (χ2v) is 7.17. The molecule has 0 fully saturated rings. The summed E-state index contributed by atoms with van der Waals surface area (Å²) in [6.07, 6.45) is 0.889. The Labute approximate surface area is 116 Å². The van der Waals surface area contributed by atoms with Crippen molar-refractivity contribution in [3.05, 3.63) is 29.8 Å². The smallest absolute Gasteiger partial charge is 0.236 e. The van der Waals surface area contributed by atoms with E-state index < -0.39 is 15.3 Å². The van der Waals surface area contributed by atoms with Gasteiger partial charge in [-0.1, -0.05) is 32.9 Å². The van der Waals surface area contributed by atoms with Crippen LogP contribution in [-0.2, 0) is 16.4 Å². The SMILES string of the molecule is CCc1cccc(NS(=O)(=O)C(C)CNC(C)C)c1. The van der Waals surface area contributed by atoms with E-state index >= 15 is 0 Å². The molecule has 19 heavy (non-hydrogen) atoms. The molecule has 0 saturated carbocycles. The van der Waals surface area contributed by atoms with Crippen LogP contribution in [0.25, 0.3) is 0 Å². The van der Waals surface area contributed by atoms with Gasteiger partial charge in [-0.3, -0.25) is 4.72 Å². The first kappa shape index (κ1) is 16.0. The number of nitrogens with one attached hydrogen (secondary N) is 2. The van der Waals surface area contributed by atoms with E-state index in [0.717, 1.165) is 12.0 Å². The molecule has 0 aliphatic carbocycles. The predicted molar refractivity (Wildman–Crippen MR) is 81.0 cm³/mol. The molecule has 0 radical (unpaired) electrons. The zero-order chi connectivity index (χ0) is 14.5. The number of anilines is 1. The molecule has 1 rings (SSSR count). The Morgan fingerprint density at radius 1 is 1.21 bits per heavy atom. The minimum Gasteiger partial charge on any atom is -0.313 e. The molecule has 0 saturated heterocycles. The Bertz CT molecular complexity index is 498. The van der Waals surface area contributed by atoms with E-state index in [1.165, 1.54) is 0 Å². The summed E-state index contributed by atoms with van der Waals surface area (Å²) in [6.45, 7) is 8.19. The quantitative estimate of drug-likeness (QED) is 0.808. The van der Waals surface area contributed by atoms with Crippen molar-refractivity contribution in [2.75, 3.05) is 11.3 Å². The molecular formula is C14H24N2O2S. The van der Waals surface area contributed by atoms with Gasteiger partial charge < -0.3 is 5.32 Å². The predicted octanol–water partition coefficient (Wildman–Crippen LogP) is 2.38. The topological polar surface area (TPSA) is 58.2 Å². The Kier molecular flexibility index (Phi) is 5.82. The third-order valence-corrected chi connectivity index (χ3v) is 4.68. The maximum atomic E-state index is 12.2. The summed E-state index contributed by atoms with van der Waals surface area (Å²) < 4.78 is 27.0. The van der Waals surface area contributed by atoms with Gasteiger partial charge >= 0.3 is 0 Å². The lowest BCUT2D eigenvalue weighted by atomic mass is 10.1. The average molecular weight is 284 g/mol. The second kappa shape index (κ2) is 6.91. The fraction of sp³-hybridized carbons (Fsp3) is 0.571. The largest absolute Gasteiger partial charge is 0.313 e. The first-order chi connectivity index (χ1) is 8.85. The van der Waals surface area contributed by atoms with Gasteiger partial charge in [-0.05, 0) is 31.0 Å². The first-order valence-electron chi connectivity index (χ1n) is 6.69. The van der Waals surface area contributed by atoms with E-state index in [1.54, 1.807) is 13.0 Å². The summed E-state index contributed by atoms with van der Waals surface area (Å²) in [5.41, 5.74) is 1.75. The van der Waals surface area contributed by atoms with Crippen molar-refractivity contribution in [3.63, 3.8) is 0 Å². The van der Waals surface area contributed by atoms with E-state index in [0.29, 0.717) is 12.2 Å². The molecule has 1 atom stereocenters. The summed E-state index contributed by atoms with van der Waals surface area (Å²) >= 11 is 0. The number of rotatable bonds is 7. The highest BCUT2D eigenvalue weighted by Crippen LogP contribution is 2.14. The maximum absolute atomic E-state index is 12.2. The van der Waals surface area contributed by atoms with Gasteiger partial charge in [-0.2, -0.15) is 0 Å². The molecule has 0 spiro atoms. The molecule has 0 aliphatic rings. The number of aryl methyl sites for hydroxylation is 1. The van der Waals surface area contributed by atoms with Gasteiger partial charge in [0.2, 0.25) is 10.0 Å². The van der Waals surface area contributed by atoms with Gasteiger partial charge in [-0.15, -0.1) is 0 Å². The van der Waals surface area contributed by atoms with Crippen LogP contribution in [0.2, 0.25) is 0 Å². The number of hydrogen-bond acceptors (Lipinski definition) is 3. The van der Waals surface area contributed by atoms with Crippen LogP contribution in [-0.4, -0.2) is 26.3 Å². The third-order valence-electron chi connectivity index (χ3n) is 2.94. The molecule has 0 aromatic heterocycles. The molecule has 4 nitrogen and oxygen atoms in total. The third kappa shape index (κ3) is 5.20. The molecule has 108 valence electrons. The summed E-state index contributed by atoms with van der Waals surface area (Å²) in [5.74, 6) is 0. The van der Waals surface area contributed by atoms with Crippen LogP contribution < -0.4 is 10.0 Å². The second-order valence-electron chi connectivity index (χ2n) is 5.07. The molecule has 1 aromatic rings. The highest BCUT2D eigenvalue weighted by Gasteiger charge is 2.20. The average Bonchev–Trinajstić information content (AvgIpc) is 2.35. The van der Waals surface area contributed by atoms with Gasteiger partial charge in [0.15, 0.2) is 0 Å². The van der Waals surface area contributed by atoms with Gasteiger partial charge in [0.1, 0.15) is 0 Å². The Hall–Kier alpha value is -1.07. The summed E-state index contributed by atoms with van der Waals surface area (Å²) in [5, 5.41) is 2.67. The molecule has 0 aliphatic heterocycles. The van der Waals surface area contributed by atoms with Crippen molar-refractivity contribution < 1.29 is 8.42 Å². The molecular weight excluding hydrogens is 260 g/mol. The van der Waals surface area contributed by atoms with Crippen molar-refractivity contribution in [3.8, 4) is 0 Å². The molecule has 0 amide bonds. The lowest BCUT2D eigenvalue weighted by Crippen LogP contribution is -2.37. The standard InChI is InChI=1S/C14H24N2O2S/c1-5-13-7-6-8-14(9-13)16-19(17,18)12(4)10-15-11(2)3/h6-9,11-12,15-16H,5,10H2,1-4H3. The minimum absolute atomic E-state index is 0.279. The Morgan fingerprint density at radius 2 is 1.89 bits per heavy atom. The lowest BCUT2D eigenvalue weighted by molar-refractivity contribution is 0.553. The van der Waals surface area contributed by atoms with E-state index in [-0.39, 0.29) is 6.04 Å². The lowest BCUT2D eigenvalue weighted by Gasteiger charge is -2.17. The van der Waals surface area contributed by atoms with Crippen LogP contribution in [0.3, 0.4) is 0 Å². The van der Waals surface area contributed by atoms with Crippen LogP contribution in [0.4, 0.5) is 5.69 Å². The monoisotopic (exact) mass is 284 g/mol. The van der Waals surface area contributed by atoms with Crippen molar-refractivity contribution in [2.45, 2.75) is 45.4 Å². The zero-order valence-corrected chi connectivity index (χ0v) is 12.9.